The van der Waals surface area contributed by atoms with E-state index in [1.807, 2.05) is 53.4 Å². The molecule has 0 radical (unpaired) electrons. The fourth-order valence-corrected chi connectivity index (χ4v) is 2.98. The van der Waals surface area contributed by atoms with E-state index in [0.29, 0.717) is 12.4 Å². The summed E-state index contributed by atoms with van der Waals surface area (Å²) in [7, 11) is 0. The average molecular weight is 319 g/mol. The number of aromatic nitrogens is 4. The van der Waals surface area contributed by atoms with Crippen molar-refractivity contribution in [2.75, 3.05) is 11.4 Å². The van der Waals surface area contributed by atoms with Crippen molar-refractivity contribution in [3.05, 3.63) is 60.2 Å². The summed E-state index contributed by atoms with van der Waals surface area (Å²) in [5.74, 6) is 0.508. The molecule has 2 heterocycles. The number of tetrazole rings is 1. The van der Waals surface area contributed by atoms with Gasteiger partial charge < -0.3 is 4.90 Å². The molecule has 6 nitrogen and oxygen atoms in total. The van der Waals surface area contributed by atoms with Crippen molar-refractivity contribution in [2.24, 2.45) is 0 Å². The second kappa shape index (κ2) is 5.88. The zero-order valence-corrected chi connectivity index (χ0v) is 13.3. The van der Waals surface area contributed by atoms with Crippen LogP contribution in [-0.2, 0) is 11.2 Å². The first-order valence-electron chi connectivity index (χ1n) is 7.98. The van der Waals surface area contributed by atoms with E-state index in [1.165, 1.54) is 10.4 Å². The minimum atomic E-state index is -0.499. The zero-order chi connectivity index (χ0) is 16.5. The SMILES string of the molecule is CC(C(=O)N1CCc2ccccc21)n1nnc(-c2ccccc2)n1. The van der Waals surface area contributed by atoms with Crippen molar-refractivity contribution in [3.63, 3.8) is 0 Å². The van der Waals surface area contributed by atoms with E-state index in [2.05, 4.69) is 21.5 Å². The van der Waals surface area contributed by atoms with E-state index in [-0.39, 0.29) is 5.91 Å². The standard InChI is InChI=1S/C18H17N5O/c1-13(18(24)22-12-11-14-7-5-6-10-16(14)22)23-20-17(19-21-23)15-8-3-2-4-9-15/h2-10,13H,11-12H2,1H3. The van der Waals surface area contributed by atoms with Crippen LogP contribution in [0.15, 0.2) is 54.6 Å². The molecule has 1 aromatic heterocycles. The highest BCUT2D eigenvalue weighted by atomic mass is 16.2. The highest BCUT2D eigenvalue weighted by Gasteiger charge is 2.29. The van der Waals surface area contributed by atoms with Crippen LogP contribution in [0.2, 0.25) is 0 Å². The molecule has 0 saturated carbocycles. The molecule has 120 valence electrons. The predicted octanol–water partition coefficient (Wildman–Crippen LogP) is 2.49. The van der Waals surface area contributed by atoms with Gasteiger partial charge in [0, 0.05) is 17.8 Å². The van der Waals surface area contributed by atoms with Crippen molar-refractivity contribution >= 4 is 11.6 Å². The van der Waals surface area contributed by atoms with Crippen molar-refractivity contribution in [2.45, 2.75) is 19.4 Å². The number of hydrogen-bond acceptors (Lipinski definition) is 4. The number of carbonyl (C=O) groups is 1. The quantitative estimate of drug-likeness (QED) is 0.744. The molecule has 0 spiro atoms. The van der Waals surface area contributed by atoms with Crippen LogP contribution in [0, 0.1) is 0 Å². The van der Waals surface area contributed by atoms with Gasteiger partial charge in [0.25, 0.3) is 5.91 Å². The lowest BCUT2D eigenvalue weighted by molar-refractivity contribution is -0.121. The molecular weight excluding hydrogens is 302 g/mol. The molecule has 6 heteroatoms. The second-order valence-corrected chi connectivity index (χ2v) is 5.84. The number of fused-ring (bicyclic) bond motifs is 1. The molecule has 1 unspecified atom stereocenters. The normalized spacial score (nSPS) is 14.5. The Balaban J connectivity index is 1.57. The van der Waals surface area contributed by atoms with Crippen molar-refractivity contribution in [1.82, 2.24) is 20.2 Å². The lowest BCUT2D eigenvalue weighted by Crippen LogP contribution is -2.35. The van der Waals surface area contributed by atoms with E-state index in [0.717, 1.165) is 17.7 Å². The maximum Gasteiger partial charge on any atom is 0.253 e. The summed E-state index contributed by atoms with van der Waals surface area (Å²) in [6.07, 6.45) is 0.884. The molecule has 1 amide bonds. The van der Waals surface area contributed by atoms with E-state index in [9.17, 15) is 4.79 Å². The molecule has 1 atom stereocenters. The molecule has 1 aliphatic heterocycles. The highest BCUT2D eigenvalue weighted by molar-refractivity contribution is 5.97. The minimum Gasteiger partial charge on any atom is -0.310 e. The van der Waals surface area contributed by atoms with Gasteiger partial charge in [0.15, 0.2) is 0 Å². The summed E-state index contributed by atoms with van der Waals surface area (Å²) in [5.41, 5.74) is 3.07. The van der Waals surface area contributed by atoms with E-state index < -0.39 is 6.04 Å². The molecule has 3 aromatic rings. The summed E-state index contributed by atoms with van der Waals surface area (Å²) in [4.78, 5) is 16.1. The van der Waals surface area contributed by atoms with Gasteiger partial charge in [-0.25, -0.2) is 0 Å². The Kier molecular flexibility index (Phi) is 3.57. The Labute approximate surface area is 139 Å². The maximum atomic E-state index is 12.9. The number of hydrogen-bond donors (Lipinski definition) is 0. The molecule has 0 N–H and O–H groups in total. The van der Waals surface area contributed by atoms with Crippen LogP contribution >= 0.6 is 0 Å². The third-order valence-corrected chi connectivity index (χ3v) is 4.32. The number of carbonyl (C=O) groups excluding carboxylic acids is 1. The van der Waals surface area contributed by atoms with Gasteiger partial charge in [-0.1, -0.05) is 48.5 Å². The summed E-state index contributed by atoms with van der Waals surface area (Å²) >= 11 is 0. The Morgan fingerprint density at radius 3 is 2.67 bits per heavy atom. The van der Waals surface area contributed by atoms with Crippen molar-refractivity contribution < 1.29 is 4.79 Å². The average Bonchev–Trinajstić information content (AvgIpc) is 3.28. The number of benzene rings is 2. The monoisotopic (exact) mass is 319 g/mol. The number of anilines is 1. The van der Waals surface area contributed by atoms with Crippen LogP contribution in [0.1, 0.15) is 18.5 Å². The summed E-state index contributed by atoms with van der Waals surface area (Å²) in [6.45, 7) is 2.50. The molecule has 2 aromatic carbocycles. The smallest absolute Gasteiger partial charge is 0.253 e. The third kappa shape index (κ3) is 2.46. The van der Waals surface area contributed by atoms with Gasteiger partial charge >= 0.3 is 0 Å². The number of para-hydroxylation sites is 1. The van der Waals surface area contributed by atoms with E-state index in [1.54, 1.807) is 6.92 Å². The molecule has 1 aliphatic rings. The third-order valence-electron chi connectivity index (χ3n) is 4.32. The fraction of sp³-hybridized carbons (Fsp3) is 0.222. The van der Waals surface area contributed by atoms with Gasteiger partial charge in [0.1, 0.15) is 6.04 Å². The predicted molar refractivity (Wildman–Crippen MR) is 90.5 cm³/mol. The first-order valence-corrected chi connectivity index (χ1v) is 7.98. The zero-order valence-electron chi connectivity index (χ0n) is 13.3. The Hall–Kier alpha value is -3.02. The van der Waals surface area contributed by atoms with Crippen LogP contribution in [-0.4, -0.2) is 32.7 Å². The van der Waals surface area contributed by atoms with Crippen LogP contribution in [0.5, 0.6) is 0 Å². The summed E-state index contributed by atoms with van der Waals surface area (Å²) < 4.78 is 0. The first-order chi connectivity index (χ1) is 11.7. The van der Waals surface area contributed by atoms with Gasteiger partial charge in [-0.15, -0.1) is 10.2 Å². The number of nitrogens with zero attached hydrogens (tertiary/aromatic N) is 5. The van der Waals surface area contributed by atoms with Crippen LogP contribution in [0.25, 0.3) is 11.4 Å². The molecule has 24 heavy (non-hydrogen) atoms. The molecule has 0 aliphatic carbocycles. The van der Waals surface area contributed by atoms with Gasteiger partial charge in [0.05, 0.1) is 0 Å². The fourth-order valence-electron chi connectivity index (χ4n) is 2.98. The van der Waals surface area contributed by atoms with E-state index in [4.69, 9.17) is 0 Å². The van der Waals surface area contributed by atoms with Crippen LogP contribution in [0.4, 0.5) is 5.69 Å². The molecule has 0 fully saturated rings. The number of amides is 1. The Morgan fingerprint density at radius 2 is 1.83 bits per heavy atom. The van der Waals surface area contributed by atoms with Gasteiger partial charge in [0.2, 0.25) is 5.82 Å². The maximum absolute atomic E-state index is 12.9. The van der Waals surface area contributed by atoms with Crippen molar-refractivity contribution in [3.8, 4) is 11.4 Å². The largest absolute Gasteiger partial charge is 0.310 e. The summed E-state index contributed by atoms with van der Waals surface area (Å²) in [6, 6.07) is 17.1. The second-order valence-electron chi connectivity index (χ2n) is 5.84. The number of rotatable bonds is 3. The molecule has 0 bridgehead atoms. The summed E-state index contributed by atoms with van der Waals surface area (Å²) in [5, 5.41) is 12.5. The van der Waals surface area contributed by atoms with E-state index >= 15 is 0 Å². The lowest BCUT2D eigenvalue weighted by Gasteiger charge is -2.20. The highest BCUT2D eigenvalue weighted by Crippen LogP contribution is 2.29. The molecular formula is C18H17N5O. The minimum absolute atomic E-state index is 0.0167. The van der Waals surface area contributed by atoms with Crippen LogP contribution in [0.3, 0.4) is 0 Å². The Morgan fingerprint density at radius 1 is 1.08 bits per heavy atom. The lowest BCUT2D eigenvalue weighted by atomic mass is 10.2. The van der Waals surface area contributed by atoms with Gasteiger partial charge in [-0.2, -0.15) is 4.80 Å². The molecule has 0 saturated heterocycles. The van der Waals surface area contributed by atoms with Gasteiger partial charge in [-0.05, 0) is 30.2 Å². The van der Waals surface area contributed by atoms with Gasteiger partial charge in [-0.3, -0.25) is 4.79 Å². The van der Waals surface area contributed by atoms with Crippen molar-refractivity contribution in [1.29, 1.82) is 0 Å². The topological polar surface area (TPSA) is 63.9 Å². The van der Waals surface area contributed by atoms with Crippen LogP contribution < -0.4 is 4.90 Å². The molecule has 4 rings (SSSR count). The Bertz CT molecular complexity index is 874. The first kappa shape index (κ1) is 14.6.